The zero-order chi connectivity index (χ0) is 10.1. The zero-order valence-corrected chi connectivity index (χ0v) is 9.30. The van der Waals surface area contributed by atoms with Gasteiger partial charge in [0.1, 0.15) is 0 Å². The van der Waals surface area contributed by atoms with Gasteiger partial charge in [-0.1, -0.05) is 32.0 Å². The third kappa shape index (κ3) is 1.69. The molecule has 1 aliphatic heterocycles. The Morgan fingerprint density at radius 1 is 1.36 bits per heavy atom. The van der Waals surface area contributed by atoms with Crippen molar-refractivity contribution in [3.63, 3.8) is 0 Å². The van der Waals surface area contributed by atoms with E-state index in [1.807, 2.05) is 0 Å². The first kappa shape index (κ1) is 9.72. The van der Waals surface area contributed by atoms with E-state index < -0.39 is 0 Å². The van der Waals surface area contributed by atoms with Crippen LogP contribution in [0.1, 0.15) is 49.4 Å². The van der Waals surface area contributed by atoms with Gasteiger partial charge in [-0.25, -0.2) is 0 Å². The molecule has 0 unspecified atom stereocenters. The predicted molar refractivity (Wildman–Crippen MR) is 60.7 cm³/mol. The fourth-order valence-corrected chi connectivity index (χ4v) is 2.14. The van der Waals surface area contributed by atoms with Gasteiger partial charge < -0.3 is 5.32 Å². The smallest absolute Gasteiger partial charge is 0.0294 e. The molecule has 0 amide bonds. The monoisotopic (exact) mass is 189 g/mol. The van der Waals surface area contributed by atoms with Crippen LogP contribution >= 0.6 is 0 Å². The zero-order valence-electron chi connectivity index (χ0n) is 9.30. The van der Waals surface area contributed by atoms with Gasteiger partial charge in [-0.2, -0.15) is 0 Å². The Balaban J connectivity index is 2.41. The van der Waals surface area contributed by atoms with Gasteiger partial charge in [-0.15, -0.1) is 0 Å². The lowest BCUT2D eigenvalue weighted by Gasteiger charge is -2.25. The molecule has 1 aromatic carbocycles. The van der Waals surface area contributed by atoms with Gasteiger partial charge in [-0.05, 0) is 42.5 Å². The van der Waals surface area contributed by atoms with E-state index in [9.17, 15) is 0 Å². The molecule has 0 bridgehead atoms. The van der Waals surface area contributed by atoms with E-state index in [-0.39, 0.29) is 0 Å². The van der Waals surface area contributed by atoms with Crippen LogP contribution in [0.2, 0.25) is 0 Å². The van der Waals surface area contributed by atoms with Crippen LogP contribution in [-0.4, -0.2) is 6.54 Å². The van der Waals surface area contributed by atoms with E-state index in [0.29, 0.717) is 12.0 Å². The van der Waals surface area contributed by atoms with Crippen LogP contribution in [0.4, 0.5) is 0 Å². The van der Waals surface area contributed by atoms with Crippen molar-refractivity contribution < 1.29 is 0 Å². The SMILES string of the molecule is CC(C)c1ccc2c(c1)[C@H](C)NCC2. The average molecular weight is 189 g/mol. The number of hydrogen-bond acceptors (Lipinski definition) is 1. The Labute approximate surface area is 86.5 Å². The normalized spacial score (nSPS) is 21.0. The molecule has 1 aromatic rings. The van der Waals surface area contributed by atoms with Crippen molar-refractivity contribution in [3.05, 3.63) is 34.9 Å². The molecule has 2 rings (SSSR count). The summed E-state index contributed by atoms with van der Waals surface area (Å²) in [5.41, 5.74) is 4.49. The van der Waals surface area contributed by atoms with Crippen molar-refractivity contribution in [1.82, 2.24) is 5.32 Å². The fourth-order valence-electron chi connectivity index (χ4n) is 2.14. The van der Waals surface area contributed by atoms with Crippen molar-refractivity contribution in [3.8, 4) is 0 Å². The highest BCUT2D eigenvalue weighted by molar-refractivity contribution is 5.37. The highest BCUT2D eigenvalue weighted by Crippen LogP contribution is 2.26. The van der Waals surface area contributed by atoms with Crippen molar-refractivity contribution in [2.75, 3.05) is 6.54 Å². The predicted octanol–water partition coefficient (Wildman–Crippen LogP) is 3.02. The number of nitrogens with one attached hydrogen (secondary N) is 1. The van der Waals surface area contributed by atoms with Gasteiger partial charge in [0.05, 0.1) is 0 Å². The fraction of sp³-hybridized carbons (Fsp3) is 0.538. The quantitative estimate of drug-likeness (QED) is 0.716. The van der Waals surface area contributed by atoms with Gasteiger partial charge in [-0.3, -0.25) is 0 Å². The number of rotatable bonds is 1. The first-order chi connectivity index (χ1) is 6.68. The molecule has 0 radical (unpaired) electrons. The lowest BCUT2D eigenvalue weighted by Crippen LogP contribution is -2.27. The summed E-state index contributed by atoms with van der Waals surface area (Å²) in [6.45, 7) is 7.88. The van der Waals surface area contributed by atoms with Crippen molar-refractivity contribution in [1.29, 1.82) is 0 Å². The maximum absolute atomic E-state index is 3.50. The molecule has 1 N–H and O–H groups in total. The first-order valence-corrected chi connectivity index (χ1v) is 5.54. The minimum atomic E-state index is 0.525. The third-order valence-electron chi connectivity index (χ3n) is 3.15. The molecular formula is C13H19N. The average Bonchev–Trinajstić information content (AvgIpc) is 2.18. The van der Waals surface area contributed by atoms with E-state index >= 15 is 0 Å². The minimum Gasteiger partial charge on any atom is -0.310 e. The van der Waals surface area contributed by atoms with Crippen molar-refractivity contribution in [2.24, 2.45) is 0 Å². The summed E-state index contributed by atoms with van der Waals surface area (Å²) in [7, 11) is 0. The molecule has 76 valence electrons. The summed E-state index contributed by atoms with van der Waals surface area (Å²) >= 11 is 0. The van der Waals surface area contributed by atoms with E-state index in [0.717, 1.165) is 6.54 Å². The molecule has 1 heterocycles. The largest absolute Gasteiger partial charge is 0.310 e. The summed E-state index contributed by atoms with van der Waals surface area (Å²) in [5, 5.41) is 3.50. The Kier molecular flexibility index (Phi) is 2.60. The lowest BCUT2D eigenvalue weighted by atomic mass is 9.90. The maximum atomic E-state index is 3.50. The molecule has 0 aliphatic carbocycles. The van der Waals surface area contributed by atoms with Crippen molar-refractivity contribution >= 4 is 0 Å². The van der Waals surface area contributed by atoms with Crippen LogP contribution in [-0.2, 0) is 6.42 Å². The highest BCUT2D eigenvalue weighted by Gasteiger charge is 2.16. The molecule has 0 spiro atoms. The molecule has 0 saturated heterocycles. The van der Waals surface area contributed by atoms with Gasteiger partial charge in [0, 0.05) is 6.04 Å². The van der Waals surface area contributed by atoms with Crippen LogP contribution < -0.4 is 5.32 Å². The molecule has 14 heavy (non-hydrogen) atoms. The van der Waals surface area contributed by atoms with E-state index in [4.69, 9.17) is 0 Å². The molecule has 1 nitrogen and oxygen atoms in total. The third-order valence-corrected chi connectivity index (χ3v) is 3.15. The molecule has 1 heteroatoms. The number of benzene rings is 1. The molecule has 1 aliphatic rings. The van der Waals surface area contributed by atoms with E-state index in [2.05, 4.69) is 44.3 Å². The van der Waals surface area contributed by atoms with Crippen LogP contribution in [0, 0.1) is 0 Å². The second-order valence-electron chi connectivity index (χ2n) is 4.54. The number of fused-ring (bicyclic) bond motifs is 1. The first-order valence-electron chi connectivity index (χ1n) is 5.54. The summed E-state index contributed by atoms with van der Waals surface area (Å²) in [6, 6.07) is 7.48. The summed E-state index contributed by atoms with van der Waals surface area (Å²) < 4.78 is 0. The summed E-state index contributed by atoms with van der Waals surface area (Å²) in [5.74, 6) is 0.634. The molecule has 0 aromatic heterocycles. The molecular weight excluding hydrogens is 170 g/mol. The minimum absolute atomic E-state index is 0.525. The lowest BCUT2D eigenvalue weighted by molar-refractivity contribution is 0.540. The summed E-state index contributed by atoms with van der Waals surface area (Å²) in [6.07, 6.45) is 1.18. The molecule has 0 fully saturated rings. The highest BCUT2D eigenvalue weighted by atomic mass is 14.9. The van der Waals surface area contributed by atoms with E-state index in [1.54, 1.807) is 0 Å². The maximum Gasteiger partial charge on any atom is 0.0294 e. The molecule has 0 saturated carbocycles. The molecule has 1 atom stereocenters. The Bertz CT molecular complexity index is 328. The van der Waals surface area contributed by atoms with Gasteiger partial charge in [0.25, 0.3) is 0 Å². The topological polar surface area (TPSA) is 12.0 Å². The Morgan fingerprint density at radius 2 is 2.14 bits per heavy atom. The standard InChI is InChI=1S/C13H19N/c1-9(2)12-5-4-11-6-7-14-10(3)13(11)8-12/h4-5,8-10,14H,6-7H2,1-3H3/t10-/m0/s1. The van der Waals surface area contributed by atoms with Crippen molar-refractivity contribution in [2.45, 2.75) is 39.2 Å². The van der Waals surface area contributed by atoms with Gasteiger partial charge >= 0.3 is 0 Å². The number of hydrogen-bond donors (Lipinski definition) is 1. The van der Waals surface area contributed by atoms with Gasteiger partial charge in [0.15, 0.2) is 0 Å². The summed E-state index contributed by atoms with van der Waals surface area (Å²) in [4.78, 5) is 0. The van der Waals surface area contributed by atoms with Crippen LogP contribution in [0.3, 0.4) is 0 Å². The second kappa shape index (κ2) is 3.74. The van der Waals surface area contributed by atoms with Crippen LogP contribution in [0.5, 0.6) is 0 Å². The van der Waals surface area contributed by atoms with E-state index in [1.165, 1.54) is 23.1 Å². The van der Waals surface area contributed by atoms with Crippen LogP contribution in [0.15, 0.2) is 18.2 Å². The Morgan fingerprint density at radius 3 is 2.86 bits per heavy atom. The van der Waals surface area contributed by atoms with Gasteiger partial charge in [0.2, 0.25) is 0 Å². The van der Waals surface area contributed by atoms with Crippen LogP contribution in [0.25, 0.3) is 0 Å². The second-order valence-corrected chi connectivity index (χ2v) is 4.54. The Hall–Kier alpha value is -0.820.